The van der Waals surface area contributed by atoms with E-state index in [-0.39, 0.29) is 0 Å². The van der Waals surface area contributed by atoms with E-state index in [4.69, 9.17) is 66.3 Å². The van der Waals surface area contributed by atoms with Crippen LogP contribution < -0.4 is 16.0 Å². The van der Waals surface area contributed by atoms with Crippen LogP contribution >= 0.6 is 0 Å². The van der Waals surface area contributed by atoms with Gasteiger partial charge in [-0.15, -0.1) is 0 Å². The van der Waals surface area contributed by atoms with Crippen molar-refractivity contribution in [2.75, 3.05) is 59.5 Å². The summed E-state index contributed by atoms with van der Waals surface area (Å²) in [6, 6.07) is -5.33. The summed E-state index contributed by atoms with van der Waals surface area (Å²) in [5.41, 5.74) is 0. The fraction of sp³-hybridized carbons (Fsp3) is 0.944. The predicted molar refractivity (Wildman–Crippen MR) is 301 cm³/mol. The van der Waals surface area contributed by atoms with Gasteiger partial charge in [0.2, 0.25) is 17.7 Å². The summed E-state index contributed by atoms with van der Waals surface area (Å²) in [6.45, 7) is -6.67. The second-order valence-electron chi connectivity index (χ2n) is 24.4. The normalized spacial score (nSPS) is 46.1. The Morgan fingerprint density at radius 1 is 0.347 bits per heavy atom. The summed E-state index contributed by atoms with van der Waals surface area (Å²) in [4.78, 5) is 37.2. The molecule has 0 saturated carbocycles. The molecule has 0 aliphatic carbocycles. The maximum absolute atomic E-state index is 12.8. The van der Waals surface area contributed by atoms with E-state index in [0.29, 0.717) is 0 Å². The van der Waals surface area contributed by atoms with Crippen LogP contribution in [0.15, 0.2) is 0 Å². The summed E-state index contributed by atoms with van der Waals surface area (Å²) in [5.74, 6) is -2.61. The van der Waals surface area contributed by atoms with Gasteiger partial charge in [0.25, 0.3) is 0 Å². The highest BCUT2D eigenvalue weighted by Gasteiger charge is 2.59. The largest absolute Gasteiger partial charge is 0.394 e. The van der Waals surface area contributed by atoms with Crippen molar-refractivity contribution in [2.24, 2.45) is 0 Å². The van der Waals surface area contributed by atoms with Gasteiger partial charge in [-0.25, -0.2) is 0 Å². The third kappa shape index (κ3) is 18.7. The molecule has 570 valence electrons. The van der Waals surface area contributed by atoms with Gasteiger partial charge in [-0.3, -0.25) is 14.4 Å². The standard InChI is InChI=1S/C54H93N3O41/c1-13(65)55-16(4-58)27(69)43(17(68)5-59)94-49-26(57-15(3)67)35(77)44(22(10-64)91-49)95-53-42(84)46(97-54-47(38(80)31(73)21(9-63)90-54)98-48-25(56-14(2)66)34(76)28(70)18(6-60)87-48)33(75)24(93-53)12-86-51-41(83)45(96-52-40(82)37(79)30(72)20(8-62)89-52)32(74)23(92-51)11-85-50-39(81)36(78)29(71)19(7-61)88-50/h16-54,58-64,68-84H,4-12H2,1-3H3,(H,55,65)(H,56,66)(H,57,67)/t16-,17+,18+,19+,20+,21+,22+,23+,24+,25+,26+,27+,28+,29+,30+,31+,32+,33+,34+,35+,36-,37-,38-,39-,40-,41-,42-,43+,44+,45-,46-,47-,48-,49-,50-,51-,52+,53-,54+/m0/s1. The molecule has 7 aliphatic rings. The minimum atomic E-state index is -2.52. The van der Waals surface area contributed by atoms with E-state index in [1.54, 1.807) is 0 Å². The van der Waals surface area contributed by atoms with E-state index in [9.17, 15) is 137 Å². The molecule has 44 heteroatoms. The van der Waals surface area contributed by atoms with Gasteiger partial charge in [-0.05, 0) is 0 Å². The smallest absolute Gasteiger partial charge is 0.217 e. The van der Waals surface area contributed by atoms with Gasteiger partial charge >= 0.3 is 0 Å². The number of carbonyl (C=O) groups is 3. The molecule has 0 bridgehead atoms. The molecular formula is C54H93N3O41. The number of hydrogen-bond acceptors (Lipinski definition) is 41. The fourth-order valence-electron chi connectivity index (χ4n) is 12.1. The molecule has 7 saturated heterocycles. The van der Waals surface area contributed by atoms with Crippen molar-refractivity contribution in [3.8, 4) is 0 Å². The van der Waals surface area contributed by atoms with Crippen LogP contribution in [-0.2, 0) is 80.7 Å². The summed E-state index contributed by atoms with van der Waals surface area (Å²) < 4.78 is 81.7. The lowest BCUT2D eigenvalue weighted by atomic mass is 9.94. The first-order chi connectivity index (χ1) is 46.3. The number of amides is 3. The molecule has 27 N–H and O–H groups in total. The molecule has 7 heterocycles. The number of hydrogen-bond donors (Lipinski definition) is 27. The Hall–Kier alpha value is -3.11. The minimum Gasteiger partial charge on any atom is -0.394 e. The molecule has 3 amide bonds. The van der Waals surface area contributed by atoms with Crippen LogP contribution in [0, 0.1) is 0 Å². The molecule has 44 nitrogen and oxygen atoms in total. The van der Waals surface area contributed by atoms with Gasteiger partial charge in [0.1, 0.15) is 189 Å². The van der Waals surface area contributed by atoms with Crippen LogP contribution in [0.2, 0.25) is 0 Å². The van der Waals surface area contributed by atoms with Crippen molar-refractivity contribution in [1.82, 2.24) is 16.0 Å². The van der Waals surface area contributed by atoms with Gasteiger partial charge in [-0.2, -0.15) is 0 Å². The molecule has 0 aromatic carbocycles. The lowest BCUT2D eigenvalue weighted by Crippen LogP contribution is -2.70. The molecule has 7 aliphatic heterocycles. The third-order valence-electron chi connectivity index (χ3n) is 17.5. The lowest BCUT2D eigenvalue weighted by Gasteiger charge is -2.50. The van der Waals surface area contributed by atoms with Crippen LogP contribution in [0.25, 0.3) is 0 Å². The van der Waals surface area contributed by atoms with Crippen molar-refractivity contribution in [3.05, 3.63) is 0 Å². The number of aliphatic hydroxyl groups excluding tert-OH is 24. The van der Waals surface area contributed by atoms with Crippen molar-refractivity contribution in [2.45, 2.75) is 260 Å². The fourth-order valence-corrected chi connectivity index (χ4v) is 12.1. The average molecular weight is 1440 g/mol. The molecular weight excluding hydrogens is 1350 g/mol. The topological polar surface area (TPSA) is 702 Å². The summed E-state index contributed by atoms with van der Waals surface area (Å²) >= 11 is 0. The van der Waals surface area contributed by atoms with Crippen LogP contribution in [0.5, 0.6) is 0 Å². The Balaban J connectivity index is 1.26. The second-order valence-corrected chi connectivity index (χ2v) is 24.4. The van der Waals surface area contributed by atoms with Crippen molar-refractivity contribution >= 4 is 17.7 Å². The first-order valence-electron chi connectivity index (χ1n) is 31.0. The zero-order chi connectivity index (χ0) is 72.6. The molecule has 0 radical (unpaired) electrons. The Morgan fingerprint density at radius 2 is 0.714 bits per heavy atom. The zero-order valence-corrected chi connectivity index (χ0v) is 52.6. The number of rotatable bonds is 29. The van der Waals surface area contributed by atoms with Crippen molar-refractivity contribution in [3.63, 3.8) is 0 Å². The second kappa shape index (κ2) is 36.5. The molecule has 7 fully saturated rings. The van der Waals surface area contributed by atoms with E-state index < -0.39 is 316 Å². The summed E-state index contributed by atoms with van der Waals surface area (Å²) in [7, 11) is 0. The first kappa shape index (κ1) is 82.2. The van der Waals surface area contributed by atoms with Gasteiger partial charge < -0.3 is 205 Å². The SMILES string of the molecule is CC(=O)N[C@H]1[C@H](O[C@@H]([C@H](O)[C@H](CO)NC(C)=O)[C@H](O)CO)O[C@H](CO)[C@@H](O[C@@H]2O[C@H](CO[C@H]3O[C@H](CO[C@H]4O[C@H](CO)[C@@H](O)[C@H](O)[C@@H]4O)[C@@H](O)[C@H](O[C@H]4O[C@H](CO)[C@@H](O)[C@H](O)[C@@H]4O)[C@@H]3O)[C@@H](O)[C@H](O[C@H]3O[C@H](CO)[C@@H](O)[C@H](O)[C@@H]3O[C@@H]3O[C@H](CO)[C@@H](O)[C@H](O)[C@H]3NC(C)=O)[C@@H]2O)[C@@H]1O. The average Bonchev–Trinajstić information content (AvgIpc) is 0.780. The highest BCUT2D eigenvalue weighted by atomic mass is 16.8. The van der Waals surface area contributed by atoms with Gasteiger partial charge in [0, 0.05) is 20.8 Å². The van der Waals surface area contributed by atoms with E-state index in [0.717, 1.165) is 20.8 Å². The van der Waals surface area contributed by atoms with Crippen molar-refractivity contribution in [1.29, 1.82) is 0 Å². The van der Waals surface area contributed by atoms with Gasteiger partial charge in [0.15, 0.2) is 44.0 Å². The molecule has 98 heavy (non-hydrogen) atoms. The summed E-state index contributed by atoms with van der Waals surface area (Å²) in [6.07, 6.45) is -75.2. The summed E-state index contributed by atoms with van der Waals surface area (Å²) in [5, 5.41) is 269. The molecule has 0 unspecified atom stereocenters. The Bertz CT molecular complexity index is 2460. The van der Waals surface area contributed by atoms with E-state index >= 15 is 0 Å². The van der Waals surface area contributed by atoms with Gasteiger partial charge in [-0.1, -0.05) is 0 Å². The zero-order valence-electron chi connectivity index (χ0n) is 52.6. The molecule has 0 aromatic heterocycles. The molecule has 39 atom stereocenters. The van der Waals surface area contributed by atoms with Crippen LogP contribution in [0.3, 0.4) is 0 Å². The molecule has 7 rings (SSSR count). The van der Waals surface area contributed by atoms with Gasteiger partial charge in [0.05, 0.1) is 65.5 Å². The minimum absolute atomic E-state index is 0.794. The van der Waals surface area contributed by atoms with Crippen LogP contribution in [0.1, 0.15) is 20.8 Å². The maximum Gasteiger partial charge on any atom is 0.217 e. The number of aliphatic hydroxyl groups is 24. The van der Waals surface area contributed by atoms with E-state index in [1.807, 2.05) is 0 Å². The number of ether oxygens (including phenoxy) is 14. The lowest BCUT2D eigenvalue weighted by molar-refractivity contribution is -0.395. The number of carbonyl (C=O) groups excluding carboxylic acids is 3. The maximum atomic E-state index is 12.8. The molecule has 0 aromatic rings. The predicted octanol–water partition coefficient (Wildman–Crippen LogP) is -18.4. The van der Waals surface area contributed by atoms with Crippen LogP contribution in [-0.4, -0.2) is 439 Å². The Labute approximate surface area is 555 Å². The quantitative estimate of drug-likeness (QED) is 0.0331. The Morgan fingerprint density at radius 3 is 1.19 bits per heavy atom. The monoisotopic (exact) mass is 1440 g/mol. The third-order valence-corrected chi connectivity index (χ3v) is 17.5. The first-order valence-corrected chi connectivity index (χ1v) is 31.0. The highest BCUT2D eigenvalue weighted by molar-refractivity contribution is 5.74. The molecule has 0 spiro atoms. The van der Waals surface area contributed by atoms with Crippen molar-refractivity contribution < 1.29 is 203 Å². The van der Waals surface area contributed by atoms with E-state index in [2.05, 4.69) is 16.0 Å². The highest BCUT2D eigenvalue weighted by Crippen LogP contribution is 2.38. The van der Waals surface area contributed by atoms with Crippen LogP contribution in [0.4, 0.5) is 0 Å². The van der Waals surface area contributed by atoms with E-state index in [1.165, 1.54) is 0 Å². The number of nitrogens with one attached hydrogen (secondary N) is 3. The Kier molecular flexibility index (Phi) is 30.6.